The van der Waals surface area contributed by atoms with Gasteiger partial charge in [-0.3, -0.25) is 4.79 Å². The number of hydrogen-bond donors (Lipinski definition) is 1. The highest BCUT2D eigenvalue weighted by Gasteiger charge is 2.27. The lowest BCUT2D eigenvalue weighted by atomic mass is 10.2. The lowest BCUT2D eigenvalue weighted by Crippen LogP contribution is -2.44. The normalized spacial score (nSPS) is 18.4. The summed E-state index contributed by atoms with van der Waals surface area (Å²) in [4.78, 5) is 13.6. The first-order chi connectivity index (χ1) is 6.19. The summed E-state index contributed by atoms with van der Waals surface area (Å²) in [6.07, 6.45) is 3.30. The highest BCUT2D eigenvalue weighted by atomic mass is 16.2. The van der Waals surface area contributed by atoms with Crippen molar-refractivity contribution in [1.82, 2.24) is 4.90 Å². The molecular weight excluding hydrogens is 164 g/mol. The van der Waals surface area contributed by atoms with Gasteiger partial charge in [-0.2, -0.15) is 0 Å². The van der Waals surface area contributed by atoms with Crippen LogP contribution in [-0.2, 0) is 4.79 Å². The van der Waals surface area contributed by atoms with Gasteiger partial charge >= 0.3 is 0 Å². The molecule has 0 spiro atoms. The average Bonchev–Trinajstić information content (AvgIpc) is 2.95. The molecule has 1 aliphatic carbocycles. The van der Waals surface area contributed by atoms with Crippen LogP contribution < -0.4 is 5.73 Å². The molecule has 0 radical (unpaired) electrons. The molecule has 0 unspecified atom stereocenters. The minimum absolute atomic E-state index is 0.122. The van der Waals surface area contributed by atoms with Crippen molar-refractivity contribution < 1.29 is 4.79 Å². The molecule has 0 aliphatic heterocycles. The standard InChI is InChI=1S/C10H20N2O/c1-3-9(11)10(13)12(4-2)7-8-5-6-8/h8-9H,3-7,11H2,1-2H3/t9-/m0/s1. The van der Waals surface area contributed by atoms with Crippen LogP contribution in [0.3, 0.4) is 0 Å². The van der Waals surface area contributed by atoms with Crippen LogP contribution in [0, 0.1) is 5.92 Å². The van der Waals surface area contributed by atoms with Gasteiger partial charge in [-0.05, 0) is 32.1 Å². The van der Waals surface area contributed by atoms with Crippen LogP contribution in [-0.4, -0.2) is 29.9 Å². The molecule has 76 valence electrons. The van der Waals surface area contributed by atoms with Crippen molar-refractivity contribution in [3.63, 3.8) is 0 Å². The smallest absolute Gasteiger partial charge is 0.239 e. The van der Waals surface area contributed by atoms with E-state index in [1.165, 1.54) is 12.8 Å². The lowest BCUT2D eigenvalue weighted by molar-refractivity contribution is -0.132. The van der Waals surface area contributed by atoms with Gasteiger partial charge in [0.1, 0.15) is 0 Å². The van der Waals surface area contributed by atoms with Crippen molar-refractivity contribution >= 4 is 5.91 Å². The summed E-state index contributed by atoms with van der Waals surface area (Å²) in [6, 6.07) is -0.293. The zero-order valence-corrected chi connectivity index (χ0v) is 8.62. The zero-order valence-electron chi connectivity index (χ0n) is 8.62. The number of likely N-dealkylation sites (N-methyl/N-ethyl adjacent to an activating group) is 1. The van der Waals surface area contributed by atoms with Gasteiger partial charge in [-0.25, -0.2) is 0 Å². The first-order valence-corrected chi connectivity index (χ1v) is 5.23. The van der Waals surface area contributed by atoms with E-state index in [4.69, 9.17) is 5.73 Å². The molecule has 2 N–H and O–H groups in total. The fraction of sp³-hybridized carbons (Fsp3) is 0.900. The van der Waals surface area contributed by atoms with Crippen LogP contribution in [0.25, 0.3) is 0 Å². The van der Waals surface area contributed by atoms with Crippen LogP contribution >= 0.6 is 0 Å². The molecule has 0 saturated heterocycles. The summed E-state index contributed by atoms with van der Waals surface area (Å²) in [5, 5.41) is 0. The molecule has 0 bridgehead atoms. The second kappa shape index (κ2) is 4.61. The van der Waals surface area contributed by atoms with Crippen molar-refractivity contribution in [3.05, 3.63) is 0 Å². The number of rotatable bonds is 5. The van der Waals surface area contributed by atoms with E-state index in [0.29, 0.717) is 0 Å². The van der Waals surface area contributed by atoms with Crippen molar-refractivity contribution in [2.75, 3.05) is 13.1 Å². The van der Waals surface area contributed by atoms with Crippen molar-refractivity contribution in [1.29, 1.82) is 0 Å². The molecule has 1 rings (SSSR count). The predicted octanol–water partition coefficient (Wildman–Crippen LogP) is 0.982. The molecule has 1 atom stereocenters. The Balaban J connectivity index is 2.38. The molecule has 3 nitrogen and oxygen atoms in total. The van der Waals surface area contributed by atoms with Gasteiger partial charge in [0.15, 0.2) is 0 Å². The van der Waals surface area contributed by atoms with Gasteiger partial charge in [0.25, 0.3) is 0 Å². The van der Waals surface area contributed by atoms with E-state index in [0.717, 1.165) is 25.4 Å². The number of nitrogens with zero attached hydrogens (tertiary/aromatic N) is 1. The Morgan fingerprint density at radius 3 is 2.54 bits per heavy atom. The molecule has 0 aromatic rings. The van der Waals surface area contributed by atoms with Gasteiger partial charge in [0, 0.05) is 13.1 Å². The minimum Gasteiger partial charge on any atom is -0.341 e. The molecular formula is C10H20N2O. The Morgan fingerprint density at radius 1 is 1.54 bits per heavy atom. The summed E-state index contributed by atoms with van der Waals surface area (Å²) in [5.41, 5.74) is 5.70. The summed E-state index contributed by atoms with van der Waals surface area (Å²) in [7, 11) is 0. The maximum Gasteiger partial charge on any atom is 0.239 e. The molecule has 1 saturated carbocycles. The summed E-state index contributed by atoms with van der Waals surface area (Å²) in [6.45, 7) is 5.68. The fourth-order valence-corrected chi connectivity index (χ4v) is 1.40. The fourth-order valence-electron chi connectivity index (χ4n) is 1.40. The Kier molecular flexibility index (Phi) is 3.72. The van der Waals surface area contributed by atoms with Crippen LogP contribution in [0.15, 0.2) is 0 Å². The quantitative estimate of drug-likeness (QED) is 0.692. The van der Waals surface area contributed by atoms with E-state index in [-0.39, 0.29) is 11.9 Å². The molecule has 13 heavy (non-hydrogen) atoms. The minimum atomic E-state index is -0.293. The molecule has 0 heterocycles. The maximum atomic E-state index is 11.7. The monoisotopic (exact) mass is 184 g/mol. The molecule has 1 aliphatic rings. The number of hydrogen-bond acceptors (Lipinski definition) is 2. The maximum absolute atomic E-state index is 11.7. The third kappa shape index (κ3) is 2.99. The van der Waals surface area contributed by atoms with Crippen LogP contribution in [0.2, 0.25) is 0 Å². The van der Waals surface area contributed by atoms with Crippen LogP contribution in [0.1, 0.15) is 33.1 Å². The summed E-state index contributed by atoms with van der Waals surface area (Å²) >= 11 is 0. The van der Waals surface area contributed by atoms with Crippen molar-refractivity contribution in [2.24, 2.45) is 11.7 Å². The topological polar surface area (TPSA) is 46.3 Å². The second-order valence-corrected chi connectivity index (χ2v) is 3.83. The van der Waals surface area contributed by atoms with E-state index in [2.05, 4.69) is 0 Å². The SMILES string of the molecule is CC[C@H](N)C(=O)N(CC)CC1CC1. The average molecular weight is 184 g/mol. The predicted molar refractivity (Wildman–Crippen MR) is 53.2 cm³/mol. The van der Waals surface area contributed by atoms with Crippen LogP contribution in [0.5, 0.6) is 0 Å². The highest BCUT2D eigenvalue weighted by Crippen LogP contribution is 2.29. The first kappa shape index (κ1) is 10.5. The van der Waals surface area contributed by atoms with Gasteiger partial charge in [-0.15, -0.1) is 0 Å². The van der Waals surface area contributed by atoms with E-state index >= 15 is 0 Å². The van der Waals surface area contributed by atoms with Gasteiger partial charge in [0.2, 0.25) is 5.91 Å². The Hall–Kier alpha value is -0.570. The van der Waals surface area contributed by atoms with E-state index < -0.39 is 0 Å². The lowest BCUT2D eigenvalue weighted by Gasteiger charge is -2.23. The van der Waals surface area contributed by atoms with E-state index in [1.54, 1.807) is 0 Å². The zero-order chi connectivity index (χ0) is 9.84. The van der Waals surface area contributed by atoms with E-state index in [9.17, 15) is 4.79 Å². The molecule has 1 fully saturated rings. The van der Waals surface area contributed by atoms with Crippen LogP contribution in [0.4, 0.5) is 0 Å². The van der Waals surface area contributed by atoms with E-state index in [1.807, 2.05) is 18.7 Å². The number of carbonyl (C=O) groups excluding carboxylic acids is 1. The van der Waals surface area contributed by atoms with Gasteiger partial charge in [0.05, 0.1) is 6.04 Å². The molecule has 0 aromatic heterocycles. The summed E-state index contributed by atoms with van der Waals surface area (Å²) in [5.74, 6) is 0.879. The van der Waals surface area contributed by atoms with Crippen molar-refractivity contribution in [3.8, 4) is 0 Å². The largest absolute Gasteiger partial charge is 0.341 e. The first-order valence-electron chi connectivity index (χ1n) is 5.23. The Morgan fingerprint density at radius 2 is 2.15 bits per heavy atom. The Labute approximate surface area is 80.3 Å². The Bertz CT molecular complexity index is 178. The molecule has 1 amide bonds. The van der Waals surface area contributed by atoms with Gasteiger partial charge in [-0.1, -0.05) is 6.92 Å². The summed E-state index contributed by atoms with van der Waals surface area (Å²) < 4.78 is 0. The number of carbonyl (C=O) groups is 1. The molecule has 3 heteroatoms. The second-order valence-electron chi connectivity index (χ2n) is 3.83. The van der Waals surface area contributed by atoms with Crippen molar-refractivity contribution in [2.45, 2.75) is 39.2 Å². The molecule has 0 aromatic carbocycles. The number of amides is 1. The third-order valence-electron chi connectivity index (χ3n) is 2.63. The van der Waals surface area contributed by atoms with Gasteiger partial charge < -0.3 is 10.6 Å². The number of nitrogens with two attached hydrogens (primary N) is 1. The highest BCUT2D eigenvalue weighted by molar-refractivity contribution is 5.81. The third-order valence-corrected chi connectivity index (χ3v) is 2.63.